The van der Waals surface area contributed by atoms with Crippen LogP contribution >= 0.6 is 23.2 Å². The molecule has 0 aliphatic rings. The van der Waals surface area contributed by atoms with E-state index in [9.17, 15) is 4.39 Å². The first-order chi connectivity index (χ1) is 11.1. The zero-order chi connectivity index (χ0) is 18.4. The van der Waals surface area contributed by atoms with Gasteiger partial charge in [-0.1, -0.05) is 64.7 Å². The Labute approximate surface area is 154 Å². The number of imidazole rings is 1. The van der Waals surface area contributed by atoms with Gasteiger partial charge in [0.05, 0.1) is 5.45 Å². The molecule has 0 saturated carbocycles. The summed E-state index contributed by atoms with van der Waals surface area (Å²) in [5.74, 6) is -0.691. The monoisotopic (exact) mass is 389 g/mol. The quantitative estimate of drug-likeness (QED) is 0.478. The van der Waals surface area contributed by atoms with Crippen LogP contribution in [-0.2, 0) is 6.54 Å². The molecule has 134 valence electrons. The average molecular weight is 390 g/mol. The normalized spacial score (nSPS) is 13.0. The average Bonchev–Trinajstić information content (AvgIpc) is 2.83. The van der Waals surface area contributed by atoms with E-state index in [1.54, 1.807) is 0 Å². The molecule has 2 aromatic heterocycles. The Bertz CT molecular complexity index is 734. The smallest absolute Gasteiger partial charge is 0.181 e. The first-order valence-corrected chi connectivity index (χ1v) is 11.5. The largest absolute Gasteiger partial charge is 0.317 e. The van der Waals surface area contributed by atoms with E-state index in [0.29, 0.717) is 34.3 Å². The van der Waals surface area contributed by atoms with Crippen LogP contribution in [0.25, 0.3) is 11.2 Å². The van der Waals surface area contributed by atoms with E-state index in [1.165, 1.54) is 0 Å². The molecule has 0 unspecified atom stereocenters. The van der Waals surface area contributed by atoms with Crippen molar-refractivity contribution in [3.05, 3.63) is 16.0 Å². The maximum absolute atomic E-state index is 14.1. The number of nitrogens with zero attached hydrogens (tertiary/aromatic N) is 3. The zero-order valence-corrected chi connectivity index (χ0v) is 17.9. The molecule has 0 radical (unpaired) electrons. The minimum atomic E-state index is -2.02. The first kappa shape index (κ1) is 19.7. The van der Waals surface area contributed by atoms with Crippen LogP contribution in [0.4, 0.5) is 4.39 Å². The Morgan fingerprint density at radius 2 is 1.50 bits per heavy atom. The molecule has 2 aromatic rings. The van der Waals surface area contributed by atoms with E-state index in [2.05, 4.69) is 58.0 Å². The van der Waals surface area contributed by atoms with Crippen molar-refractivity contribution in [2.24, 2.45) is 0 Å². The third-order valence-corrected chi connectivity index (χ3v) is 12.8. The van der Waals surface area contributed by atoms with Crippen LogP contribution < -0.4 is 5.45 Å². The van der Waals surface area contributed by atoms with Crippen LogP contribution in [0, 0.1) is 5.82 Å². The van der Waals surface area contributed by atoms with E-state index in [0.717, 1.165) is 5.45 Å². The lowest BCUT2D eigenvalue weighted by molar-refractivity contribution is 0.624. The van der Waals surface area contributed by atoms with Gasteiger partial charge in [0, 0.05) is 6.54 Å². The summed E-state index contributed by atoms with van der Waals surface area (Å²) in [7, 11) is -2.02. The van der Waals surface area contributed by atoms with Crippen molar-refractivity contribution in [3.8, 4) is 0 Å². The molecule has 0 aromatic carbocycles. The molecular weight excluding hydrogens is 364 g/mol. The molecule has 2 rings (SSSR count). The predicted molar refractivity (Wildman–Crippen MR) is 104 cm³/mol. The van der Waals surface area contributed by atoms with Crippen molar-refractivity contribution in [2.75, 3.05) is 0 Å². The fraction of sp³-hybridized carbons (Fsp3) is 0.647. The molecule has 0 fully saturated rings. The Balaban J connectivity index is 2.96. The second-order valence-corrected chi connectivity index (χ2v) is 13.8. The van der Waals surface area contributed by atoms with Crippen molar-refractivity contribution < 1.29 is 4.39 Å². The fourth-order valence-electron chi connectivity index (χ4n) is 4.45. The molecule has 0 aliphatic heterocycles. The molecule has 3 nitrogen and oxygen atoms in total. The van der Waals surface area contributed by atoms with Gasteiger partial charge in [-0.15, -0.1) is 0 Å². The maximum atomic E-state index is 14.1. The summed E-state index contributed by atoms with van der Waals surface area (Å²) >= 11 is 12.1. The SMILES string of the molecule is CCn1c([Si](C(C)C)(C(C)C)C(C)C)nc2c(Cl)c(F)c(Cl)nc21. The van der Waals surface area contributed by atoms with Crippen LogP contribution in [0.15, 0.2) is 0 Å². The number of aryl methyl sites for hydroxylation is 1. The fourth-order valence-corrected chi connectivity index (χ4v) is 11.5. The van der Waals surface area contributed by atoms with E-state index in [4.69, 9.17) is 28.2 Å². The van der Waals surface area contributed by atoms with Gasteiger partial charge in [-0.3, -0.25) is 0 Å². The van der Waals surface area contributed by atoms with Crippen LogP contribution in [0.5, 0.6) is 0 Å². The van der Waals surface area contributed by atoms with Gasteiger partial charge < -0.3 is 4.57 Å². The van der Waals surface area contributed by atoms with Crippen molar-refractivity contribution in [2.45, 2.75) is 71.6 Å². The van der Waals surface area contributed by atoms with E-state index >= 15 is 0 Å². The summed E-state index contributed by atoms with van der Waals surface area (Å²) in [6.45, 7) is 16.4. The lowest BCUT2D eigenvalue weighted by Gasteiger charge is -2.42. The second kappa shape index (κ2) is 6.93. The lowest BCUT2D eigenvalue weighted by atomic mass is 10.4. The predicted octanol–water partition coefficient (Wildman–Crippen LogP) is 5.78. The molecular formula is C17H26Cl2FN3Si. The first-order valence-electron chi connectivity index (χ1n) is 8.51. The third kappa shape index (κ3) is 2.69. The van der Waals surface area contributed by atoms with Gasteiger partial charge in [0.1, 0.15) is 18.6 Å². The topological polar surface area (TPSA) is 30.7 Å². The van der Waals surface area contributed by atoms with Crippen molar-refractivity contribution >= 4 is 47.9 Å². The summed E-state index contributed by atoms with van der Waals surface area (Å²) in [6, 6.07) is 0. The van der Waals surface area contributed by atoms with Gasteiger partial charge in [0.25, 0.3) is 0 Å². The van der Waals surface area contributed by atoms with Crippen molar-refractivity contribution in [3.63, 3.8) is 0 Å². The highest BCUT2D eigenvalue weighted by atomic mass is 35.5. The molecule has 0 N–H and O–H groups in total. The van der Waals surface area contributed by atoms with Crippen LogP contribution in [0.1, 0.15) is 48.5 Å². The minimum absolute atomic E-state index is 0.0300. The highest BCUT2D eigenvalue weighted by Crippen LogP contribution is 2.41. The number of hydrogen-bond acceptors (Lipinski definition) is 2. The van der Waals surface area contributed by atoms with Gasteiger partial charge in [-0.25, -0.2) is 14.4 Å². The summed E-state index contributed by atoms with van der Waals surface area (Å²) in [4.78, 5) is 9.10. The molecule has 0 amide bonds. The van der Waals surface area contributed by atoms with Gasteiger partial charge in [0.2, 0.25) is 0 Å². The summed E-state index contributed by atoms with van der Waals surface area (Å²) in [5.41, 5.74) is 3.52. The Kier molecular flexibility index (Phi) is 5.68. The summed E-state index contributed by atoms with van der Waals surface area (Å²) < 4.78 is 16.2. The number of halogens is 3. The molecule has 0 aliphatic carbocycles. The van der Waals surface area contributed by atoms with E-state index in [1.807, 2.05) is 0 Å². The van der Waals surface area contributed by atoms with Crippen molar-refractivity contribution in [1.82, 2.24) is 14.5 Å². The lowest BCUT2D eigenvalue weighted by Crippen LogP contribution is -2.59. The summed E-state index contributed by atoms with van der Waals surface area (Å²) in [5, 5.41) is -0.225. The van der Waals surface area contributed by atoms with Gasteiger partial charge in [-0.2, -0.15) is 0 Å². The van der Waals surface area contributed by atoms with Gasteiger partial charge >= 0.3 is 0 Å². The van der Waals surface area contributed by atoms with Crippen LogP contribution in [0.2, 0.25) is 26.8 Å². The van der Waals surface area contributed by atoms with E-state index < -0.39 is 13.9 Å². The standard InChI is InChI=1S/C17H26Cl2FN3Si/c1-8-23-16-14(12(18)13(20)15(19)22-16)21-17(23)24(9(2)3,10(4)5)11(6)7/h9-11H,8H2,1-7H3. The number of fused-ring (bicyclic) bond motifs is 1. The number of rotatable bonds is 5. The second-order valence-electron chi connectivity index (χ2n) is 7.28. The molecule has 2 heterocycles. The molecule has 0 saturated heterocycles. The van der Waals surface area contributed by atoms with Gasteiger partial charge in [-0.05, 0) is 23.5 Å². The van der Waals surface area contributed by atoms with E-state index in [-0.39, 0.29) is 10.2 Å². The Hall–Kier alpha value is -0.653. The number of hydrogen-bond donors (Lipinski definition) is 0. The van der Waals surface area contributed by atoms with Crippen LogP contribution in [-0.4, -0.2) is 22.6 Å². The third-order valence-electron chi connectivity index (χ3n) is 5.30. The summed E-state index contributed by atoms with van der Waals surface area (Å²) in [6.07, 6.45) is 0. The maximum Gasteiger partial charge on any atom is 0.181 e. The number of pyridine rings is 1. The van der Waals surface area contributed by atoms with Crippen molar-refractivity contribution in [1.29, 1.82) is 0 Å². The number of aromatic nitrogens is 3. The Morgan fingerprint density at radius 3 is 1.92 bits per heavy atom. The molecule has 24 heavy (non-hydrogen) atoms. The highest BCUT2D eigenvalue weighted by molar-refractivity contribution is 6.94. The molecule has 0 spiro atoms. The molecule has 0 atom stereocenters. The molecule has 0 bridgehead atoms. The minimum Gasteiger partial charge on any atom is -0.317 e. The Morgan fingerprint density at radius 1 is 1.00 bits per heavy atom. The van der Waals surface area contributed by atoms with Gasteiger partial charge in [0.15, 0.2) is 16.6 Å². The highest BCUT2D eigenvalue weighted by Gasteiger charge is 2.48. The van der Waals surface area contributed by atoms with Crippen LogP contribution in [0.3, 0.4) is 0 Å². The molecule has 7 heteroatoms. The zero-order valence-electron chi connectivity index (χ0n) is 15.4.